The van der Waals surface area contributed by atoms with Crippen molar-refractivity contribution in [2.45, 2.75) is 38.4 Å². The lowest BCUT2D eigenvalue weighted by molar-refractivity contribution is 0.133. The van der Waals surface area contributed by atoms with Gasteiger partial charge in [-0.05, 0) is 30.9 Å². The first-order valence-electron chi connectivity index (χ1n) is 8.49. The van der Waals surface area contributed by atoms with E-state index in [0.29, 0.717) is 5.92 Å². The standard InChI is InChI=1S/C18H24N4O/c1-23-13-15-10-21(11-16-4-2-3-7-19-16)12-18-17(15)8-20-22(18)9-14-5-6-14/h2-4,7-8,14-15H,5-6,9-13H2,1H3/t15-/m1/s1. The molecule has 0 aromatic carbocycles. The minimum Gasteiger partial charge on any atom is -0.384 e. The lowest BCUT2D eigenvalue weighted by Gasteiger charge is -2.32. The molecule has 0 saturated heterocycles. The quantitative estimate of drug-likeness (QED) is 0.822. The van der Waals surface area contributed by atoms with Crippen LogP contribution in [0.25, 0.3) is 0 Å². The zero-order valence-electron chi connectivity index (χ0n) is 13.7. The van der Waals surface area contributed by atoms with Crippen LogP contribution < -0.4 is 0 Å². The van der Waals surface area contributed by atoms with Crippen LogP contribution in [0.5, 0.6) is 0 Å². The summed E-state index contributed by atoms with van der Waals surface area (Å²) < 4.78 is 7.70. The number of ether oxygens (including phenoxy) is 1. The maximum atomic E-state index is 5.46. The predicted molar refractivity (Wildman–Crippen MR) is 87.9 cm³/mol. The minimum absolute atomic E-state index is 0.403. The van der Waals surface area contributed by atoms with Gasteiger partial charge in [-0.15, -0.1) is 0 Å². The second kappa shape index (κ2) is 6.42. The van der Waals surface area contributed by atoms with Crippen molar-refractivity contribution in [2.24, 2.45) is 5.92 Å². The first-order valence-corrected chi connectivity index (χ1v) is 8.49. The number of methoxy groups -OCH3 is 1. The molecule has 2 aliphatic rings. The van der Waals surface area contributed by atoms with E-state index in [1.54, 1.807) is 7.11 Å². The van der Waals surface area contributed by atoms with Crippen molar-refractivity contribution in [1.29, 1.82) is 0 Å². The van der Waals surface area contributed by atoms with Crippen molar-refractivity contribution in [3.05, 3.63) is 47.5 Å². The molecule has 3 heterocycles. The van der Waals surface area contributed by atoms with Gasteiger partial charge in [0.1, 0.15) is 0 Å². The lowest BCUT2D eigenvalue weighted by Crippen LogP contribution is -2.35. The summed E-state index contributed by atoms with van der Waals surface area (Å²) in [5.74, 6) is 1.24. The SMILES string of the molecule is COC[C@H]1CN(Cc2ccccn2)Cc2c1cnn2CC1CC1. The van der Waals surface area contributed by atoms with Crippen LogP contribution in [0, 0.1) is 5.92 Å². The lowest BCUT2D eigenvalue weighted by atomic mass is 9.95. The second-order valence-corrected chi connectivity index (χ2v) is 6.82. The van der Waals surface area contributed by atoms with E-state index in [2.05, 4.69) is 38.0 Å². The van der Waals surface area contributed by atoms with Crippen LogP contribution in [-0.4, -0.2) is 39.9 Å². The van der Waals surface area contributed by atoms with Gasteiger partial charge in [0.25, 0.3) is 0 Å². The maximum absolute atomic E-state index is 5.46. The summed E-state index contributed by atoms with van der Waals surface area (Å²) >= 11 is 0. The third kappa shape index (κ3) is 3.31. The van der Waals surface area contributed by atoms with E-state index in [1.807, 2.05) is 12.3 Å². The van der Waals surface area contributed by atoms with Gasteiger partial charge in [0, 0.05) is 51.0 Å². The largest absolute Gasteiger partial charge is 0.384 e. The van der Waals surface area contributed by atoms with Crippen molar-refractivity contribution >= 4 is 0 Å². The van der Waals surface area contributed by atoms with E-state index >= 15 is 0 Å². The fraction of sp³-hybridized carbons (Fsp3) is 0.556. The van der Waals surface area contributed by atoms with Crippen molar-refractivity contribution in [2.75, 3.05) is 20.3 Å². The van der Waals surface area contributed by atoms with Gasteiger partial charge in [0.15, 0.2) is 0 Å². The molecular formula is C18H24N4O. The van der Waals surface area contributed by atoms with Crippen LogP contribution in [0.2, 0.25) is 0 Å². The molecule has 2 aromatic heterocycles. The van der Waals surface area contributed by atoms with Gasteiger partial charge in [-0.3, -0.25) is 14.6 Å². The smallest absolute Gasteiger partial charge is 0.0560 e. The van der Waals surface area contributed by atoms with E-state index in [0.717, 1.165) is 44.4 Å². The zero-order chi connectivity index (χ0) is 15.6. The van der Waals surface area contributed by atoms with Gasteiger partial charge in [-0.25, -0.2) is 0 Å². The first kappa shape index (κ1) is 14.8. The average Bonchev–Trinajstić information content (AvgIpc) is 3.29. The molecule has 23 heavy (non-hydrogen) atoms. The van der Waals surface area contributed by atoms with E-state index < -0.39 is 0 Å². The van der Waals surface area contributed by atoms with Crippen LogP contribution in [0.1, 0.15) is 35.7 Å². The number of hydrogen-bond donors (Lipinski definition) is 0. The molecular weight excluding hydrogens is 288 g/mol. The molecule has 0 spiro atoms. The average molecular weight is 312 g/mol. The van der Waals surface area contributed by atoms with Gasteiger partial charge in [-0.1, -0.05) is 6.07 Å². The fourth-order valence-corrected chi connectivity index (χ4v) is 3.51. The number of aromatic nitrogens is 3. The summed E-state index contributed by atoms with van der Waals surface area (Å²) in [7, 11) is 1.78. The summed E-state index contributed by atoms with van der Waals surface area (Å²) in [4.78, 5) is 6.94. The highest BCUT2D eigenvalue weighted by Gasteiger charge is 2.31. The van der Waals surface area contributed by atoms with Crippen molar-refractivity contribution < 1.29 is 4.74 Å². The van der Waals surface area contributed by atoms with Crippen LogP contribution >= 0.6 is 0 Å². The summed E-state index contributed by atoms with van der Waals surface area (Å²) in [6.07, 6.45) is 6.65. The monoisotopic (exact) mass is 312 g/mol. The van der Waals surface area contributed by atoms with Gasteiger partial charge in [-0.2, -0.15) is 5.10 Å². The fourth-order valence-electron chi connectivity index (χ4n) is 3.51. The Labute approximate surface area is 137 Å². The molecule has 0 bridgehead atoms. The number of nitrogens with zero attached hydrogens (tertiary/aromatic N) is 4. The third-order valence-electron chi connectivity index (χ3n) is 4.88. The van der Waals surface area contributed by atoms with Crippen molar-refractivity contribution in [3.8, 4) is 0 Å². The molecule has 1 atom stereocenters. The number of pyridine rings is 1. The van der Waals surface area contributed by atoms with Gasteiger partial charge >= 0.3 is 0 Å². The number of rotatable bonds is 6. The molecule has 1 aliphatic heterocycles. The first-order chi connectivity index (χ1) is 11.3. The Morgan fingerprint density at radius 3 is 2.96 bits per heavy atom. The minimum atomic E-state index is 0.403. The predicted octanol–water partition coefficient (Wildman–Crippen LogP) is 2.43. The molecule has 5 heteroatoms. The van der Waals surface area contributed by atoms with Gasteiger partial charge in [0.2, 0.25) is 0 Å². The molecule has 1 aliphatic carbocycles. The Kier molecular flexibility index (Phi) is 4.14. The van der Waals surface area contributed by atoms with E-state index in [4.69, 9.17) is 4.74 Å². The molecule has 1 saturated carbocycles. The van der Waals surface area contributed by atoms with E-state index in [1.165, 1.54) is 24.1 Å². The Bertz CT molecular complexity index is 650. The molecule has 0 amide bonds. The number of fused-ring (bicyclic) bond motifs is 1. The van der Waals surface area contributed by atoms with Crippen molar-refractivity contribution in [3.63, 3.8) is 0 Å². The Balaban J connectivity index is 1.56. The Morgan fingerprint density at radius 1 is 1.30 bits per heavy atom. The molecule has 0 radical (unpaired) electrons. The molecule has 4 rings (SSSR count). The topological polar surface area (TPSA) is 43.2 Å². The molecule has 122 valence electrons. The maximum Gasteiger partial charge on any atom is 0.0560 e. The Morgan fingerprint density at radius 2 is 2.22 bits per heavy atom. The molecule has 1 fully saturated rings. The van der Waals surface area contributed by atoms with E-state index in [-0.39, 0.29) is 0 Å². The number of hydrogen-bond acceptors (Lipinski definition) is 4. The van der Waals surface area contributed by atoms with Gasteiger partial charge in [0.05, 0.1) is 24.2 Å². The summed E-state index contributed by atoms with van der Waals surface area (Å²) in [5, 5.41) is 4.67. The third-order valence-corrected chi connectivity index (χ3v) is 4.88. The highest BCUT2D eigenvalue weighted by atomic mass is 16.5. The molecule has 5 nitrogen and oxygen atoms in total. The zero-order valence-corrected chi connectivity index (χ0v) is 13.7. The van der Waals surface area contributed by atoms with E-state index in [9.17, 15) is 0 Å². The Hall–Kier alpha value is -1.72. The molecule has 0 unspecified atom stereocenters. The molecule has 0 N–H and O–H groups in total. The highest BCUT2D eigenvalue weighted by Crippen LogP contribution is 2.34. The van der Waals surface area contributed by atoms with Crippen LogP contribution in [-0.2, 0) is 24.4 Å². The van der Waals surface area contributed by atoms with Crippen LogP contribution in [0.4, 0.5) is 0 Å². The van der Waals surface area contributed by atoms with Crippen LogP contribution in [0.3, 0.4) is 0 Å². The summed E-state index contributed by atoms with van der Waals surface area (Å²) in [6.45, 7) is 4.67. The van der Waals surface area contributed by atoms with Gasteiger partial charge < -0.3 is 4.74 Å². The molecule has 2 aromatic rings. The van der Waals surface area contributed by atoms with Crippen molar-refractivity contribution in [1.82, 2.24) is 19.7 Å². The normalized spacial score (nSPS) is 21.3. The second-order valence-electron chi connectivity index (χ2n) is 6.82. The summed E-state index contributed by atoms with van der Waals surface area (Å²) in [5.41, 5.74) is 3.88. The highest BCUT2D eigenvalue weighted by molar-refractivity contribution is 5.26. The van der Waals surface area contributed by atoms with Crippen LogP contribution in [0.15, 0.2) is 30.6 Å². The summed E-state index contributed by atoms with van der Waals surface area (Å²) in [6, 6.07) is 6.13.